The van der Waals surface area contributed by atoms with Crippen molar-refractivity contribution in [1.29, 1.82) is 0 Å². The average Bonchev–Trinajstić information content (AvgIpc) is 2.80. The van der Waals surface area contributed by atoms with Gasteiger partial charge in [-0.05, 0) is 36.1 Å². The van der Waals surface area contributed by atoms with Crippen molar-refractivity contribution in [1.82, 2.24) is 0 Å². The molecule has 0 amide bonds. The third-order valence-corrected chi connectivity index (χ3v) is 5.51. The number of rotatable bonds is 6. The van der Waals surface area contributed by atoms with Crippen LogP contribution in [-0.2, 0) is 10.5 Å². The standard InChI is InChI=1S/C11H13ClO2S2/c12-9-2-1-8(16-9)6-15-7-11(3-4-11)5-10(13)14/h1-2H,3-7H2,(H,13,14). The zero-order valence-corrected chi connectivity index (χ0v) is 11.1. The van der Waals surface area contributed by atoms with E-state index in [-0.39, 0.29) is 5.41 Å². The Bertz CT molecular complexity index is 385. The Morgan fingerprint density at radius 1 is 1.56 bits per heavy atom. The van der Waals surface area contributed by atoms with Gasteiger partial charge in [0.25, 0.3) is 0 Å². The summed E-state index contributed by atoms with van der Waals surface area (Å²) in [4.78, 5) is 11.9. The fraction of sp³-hybridized carbons (Fsp3) is 0.545. The first-order valence-corrected chi connectivity index (χ1v) is 7.48. The van der Waals surface area contributed by atoms with Crippen molar-refractivity contribution >= 4 is 40.7 Å². The fourth-order valence-corrected chi connectivity index (χ4v) is 4.26. The summed E-state index contributed by atoms with van der Waals surface area (Å²) in [5, 5.41) is 8.78. The Morgan fingerprint density at radius 2 is 2.31 bits per heavy atom. The summed E-state index contributed by atoms with van der Waals surface area (Å²) in [5.41, 5.74) is 0.0948. The van der Waals surface area contributed by atoms with Crippen LogP contribution in [0.3, 0.4) is 0 Å². The molecular weight excluding hydrogens is 264 g/mol. The minimum absolute atomic E-state index is 0.0948. The van der Waals surface area contributed by atoms with Crippen molar-refractivity contribution < 1.29 is 9.90 Å². The Hall–Kier alpha value is -0.190. The Labute approximate surface area is 108 Å². The minimum Gasteiger partial charge on any atom is -0.481 e. The molecule has 0 atom stereocenters. The van der Waals surface area contributed by atoms with Crippen molar-refractivity contribution in [3.8, 4) is 0 Å². The molecule has 1 saturated carbocycles. The zero-order chi connectivity index (χ0) is 11.6. The topological polar surface area (TPSA) is 37.3 Å². The van der Waals surface area contributed by atoms with Crippen LogP contribution in [0.4, 0.5) is 0 Å². The molecule has 1 aromatic heterocycles. The SMILES string of the molecule is O=C(O)CC1(CSCc2ccc(Cl)s2)CC1. The first-order chi connectivity index (χ1) is 7.60. The Morgan fingerprint density at radius 3 is 2.81 bits per heavy atom. The summed E-state index contributed by atoms with van der Waals surface area (Å²) in [6.07, 6.45) is 2.46. The third kappa shape index (κ3) is 3.40. The normalized spacial score (nSPS) is 17.3. The van der Waals surface area contributed by atoms with Crippen LogP contribution in [0.5, 0.6) is 0 Å². The van der Waals surface area contributed by atoms with Crippen LogP contribution >= 0.6 is 34.7 Å². The van der Waals surface area contributed by atoms with E-state index in [2.05, 4.69) is 0 Å². The lowest BCUT2D eigenvalue weighted by Gasteiger charge is -2.10. The van der Waals surface area contributed by atoms with Gasteiger partial charge in [0.1, 0.15) is 0 Å². The number of hydrogen-bond acceptors (Lipinski definition) is 3. The predicted molar refractivity (Wildman–Crippen MR) is 69.4 cm³/mol. The second-order valence-electron chi connectivity index (χ2n) is 4.27. The number of hydrogen-bond donors (Lipinski definition) is 1. The molecule has 0 aromatic carbocycles. The fourth-order valence-electron chi connectivity index (χ4n) is 1.67. The van der Waals surface area contributed by atoms with E-state index in [9.17, 15) is 4.79 Å². The van der Waals surface area contributed by atoms with Crippen molar-refractivity contribution in [2.75, 3.05) is 5.75 Å². The molecule has 2 rings (SSSR count). The summed E-state index contributed by atoms with van der Waals surface area (Å²) in [6, 6.07) is 3.95. The van der Waals surface area contributed by atoms with E-state index in [0.29, 0.717) is 6.42 Å². The summed E-state index contributed by atoms with van der Waals surface area (Å²) in [7, 11) is 0. The smallest absolute Gasteiger partial charge is 0.303 e. The second-order valence-corrected chi connectivity index (χ2v) is 7.05. The van der Waals surface area contributed by atoms with Crippen LogP contribution in [-0.4, -0.2) is 16.8 Å². The molecule has 0 saturated heterocycles. The van der Waals surface area contributed by atoms with Crippen LogP contribution in [0, 0.1) is 5.41 Å². The highest BCUT2D eigenvalue weighted by atomic mass is 35.5. The molecular formula is C11H13ClO2S2. The van der Waals surface area contributed by atoms with E-state index in [1.807, 2.05) is 23.9 Å². The second kappa shape index (κ2) is 4.98. The lowest BCUT2D eigenvalue weighted by atomic mass is 10.1. The minimum atomic E-state index is -0.669. The average molecular weight is 277 g/mol. The number of carboxylic acids is 1. The monoisotopic (exact) mass is 276 g/mol. The van der Waals surface area contributed by atoms with E-state index in [0.717, 1.165) is 28.7 Å². The molecule has 1 aliphatic carbocycles. The maximum atomic E-state index is 10.7. The van der Waals surface area contributed by atoms with Crippen LogP contribution in [0.25, 0.3) is 0 Å². The molecule has 0 spiro atoms. The molecule has 0 radical (unpaired) electrons. The van der Waals surface area contributed by atoms with Gasteiger partial charge in [-0.1, -0.05) is 11.6 Å². The third-order valence-electron chi connectivity index (χ3n) is 2.76. The Kier molecular flexibility index (Phi) is 3.82. The van der Waals surface area contributed by atoms with E-state index in [1.165, 1.54) is 4.88 Å². The maximum Gasteiger partial charge on any atom is 0.303 e. The molecule has 16 heavy (non-hydrogen) atoms. The van der Waals surface area contributed by atoms with Crippen molar-refractivity contribution in [3.63, 3.8) is 0 Å². The molecule has 0 aliphatic heterocycles. The number of carboxylic acid groups (broad SMARTS) is 1. The largest absolute Gasteiger partial charge is 0.481 e. The quantitative estimate of drug-likeness (QED) is 0.856. The van der Waals surface area contributed by atoms with Crippen molar-refractivity contribution in [3.05, 3.63) is 21.3 Å². The van der Waals surface area contributed by atoms with E-state index >= 15 is 0 Å². The van der Waals surface area contributed by atoms with Gasteiger partial charge in [-0.25, -0.2) is 0 Å². The molecule has 0 bridgehead atoms. The predicted octanol–water partition coefficient (Wildman–Crippen LogP) is 3.89. The highest BCUT2D eigenvalue weighted by molar-refractivity contribution is 7.98. The maximum absolute atomic E-state index is 10.7. The van der Waals surface area contributed by atoms with E-state index in [4.69, 9.17) is 16.7 Å². The van der Waals surface area contributed by atoms with Gasteiger partial charge in [-0.15, -0.1) is 11.3 Å². The number of halogens is 1. The summed E-state index contributed by atoms with van der Waals surface area (Å²) < 4.78 is 0.822. The van der Waals surface area contributed by atoms with Gasteiger partial charge in [0, 0.05) is 10.6 Å². The lowest BCUT2D eigenvalue weighted by Crippen LogP contribution is -2.11. The van der Waals surface area contributed by atoms with Crippen LogP contribution < -0.4 is 0 Å². The first-order valence-electron chi connectivity index (χ1n) is 5.13. The highest BCUT2D eigenvalue weighted by Gasteiger charge is 2.43. The van der Waals surface area contributed by atoms with Gasteiger partial charge in [0.05, 0.1) is 10.8 Å². The van der Waals surface area contributed by atoms with Crippen molar-refractivity contribution in [2.24, 2.45) is 5.41 Å². The van der Waals surface area contributed by atoms with Crippen LogP contribution in [0.1, 0.15) is 24.1 Å². The van der Waals surface area contributed by atoms with Gasteiger partial charge in [0.2, 0.25) is 0 Å². The molecule has 88 valence electrons. The number of carbonyl (C=O) groups is 1. The summed E-state index contributed by atoms with van der Waals surface area (Å²) in [6.45, 7) is 0. The highest BCUT2D eigenvalue weighted by Crippen LogP contribution is 2.51. The van der Waals surface area contributed by atoms with Gasteiger partial charge in [0.15, 0.2) is 0 Å². The Balaban J connectivity index is 1.74. The molecule has 1 heterocycles. The molecule has 1 fully saturated rings. The van der Waals surface area contributed by atoms with Crippen LogP contribution in [0.2, 0.25) is 4.34 Å². The zero-order valence-electron chi connectivity index (χ0n) is 8.74. The van der Waals surface area contributed by atoms with Gasteiger partial charge in [-0.2, -0.15) is 11.8 Å². The first kappa shape index (κ1) is 12.3. The van der Waals surface area contributed by atoms with Crippen LogP contribution in [0.15, 0.2) is 12.1 Å². The van der Waals surface area contributed by atoms with Gasteiger partial charge < -0.3 is 5.11 Å². The van der Waals surface area contributed by atoms with E-state index < -0.39 is 5.97 Å². The summed E-state index contributed by atoms with van der Waals surface area (Å²) >= 11 is 9.26. The number of aliphatic carboxylic acids is 1. The van der Waals surface area contributed by atoms with Gasteiger partial charge >= 0.3 is 5.97 Å². The molecule has 5 heteroatoms. The number of thiophene rings is 1. The molecule has 0 unspecified atom stereocenters. The number of thioether (sulfide) groups is 1. The molecule has 1 aliphatic rings. The summed E-state index contributed by atoms with van der Waals surface area (Å²) in [5.74, 6) is 1.23. The molecule has 1 N–H and O–H groups in total. The van der Waals surface area contributed by atoms with E-state index in [1.54, 1.807) is 11.3 Å². The molecule has 1 aromatic rings. The molecule has 2 nitrogen and oxygen atoms in total. The lowest BCUT2D eigenvalue weighted by molar-refractivity contribution is -0.138. The van der Waals surface area contributed by atoms with Crippen molar-refractivity contribution in [2.45, 2.75) is 25.0 Å². The van der Waals surface area contributed by atoms with Gasteiger partial charge in [-0.3, -0.25) is 4.79 Å².